The number of amides is 2. The van der Waals surface area contributed by atoms with Gasteiger partial charge in [-0.25, -0.2) is 4.90 Å². The molecule has 9 heteroatoms. The second-order valence-electron chi connectivity index (χ2n) is 5.49. The number of nitro benzene ring substituents is 1. The number of nitro groups is 1. The second kappa shape index (κ2) is 6.42. The third kappa shape index (κ3) is 2.97. The third-order valence-electron chi connectivity index (χ3n) is 3.71. The number of benzene rings is 1. The van der Waals surface area contributed by atoms with Crippen molar-refractivity contribution >= 4 is 44.8 Å². The van der Waals surface area contributed by atoms with Crippen molar-refractivity contribution in [3.8, 4) is 0 Å². The van der Waals surface area contributed by atoms with Crippen molar-refractivity contribution in [1.82, 2.24) is 4.90 Å². The molecule has 2 amide bonds. The molecule has 1 aliphatic heterocycles. The standard InChI is InChI=1S/C15H12BrN3O4S/c1-17(7-9-5-6-12(16)24-9)8-18-14(20)10-3-2-4-11(19(22)23)13(10)15(18)21/h2-6H,7-8H2,1H3/p+1. The monoisotopic (exact) mass is 410 g/mol. The van der Waals surface area contributed by atoms with E-state index in [1.54, 1.807) is 11.3 Å². The lowest BCUT2D eigenvalue weighted by Crippen LogP contribution is -3.09. The van der Waals surface area contributed by atoms with Crippen LogP contribution < -0.4 is 4.90 Å². The minimum Gasteiger partial charge on any atom is -0.315 e. The second-order valence-corrected chi connectivity index (χ2v) is 8.04. The van der Waals surface area contributed by atoms with Crippen LogP contribution in [0, 0.1) is 10.1 Å². The number of imide groups is 1. The Morgan fingerprint density at radius 1 is 1.25 bits per heavy atom. The zero-order valence-electron chi connectivity index (χ0n) is 12.6. The van der Waals surface area contributed by atoms with Crippen molar-refractivity contribution in [3.63, 3.8) is 0 Å². The first-order valence-corrected chi connectivity index (χ1v) is 8.68. The van der Waals surface area contributed by atoms with Gasteiger partial charge >= 0.3 is 0 Å². The fraction of sp³-hybridized carbons (Fsp3) is 0.200. The number of nitrogens with one attached hydrogen (secondary N) is 1. The summed E-state index contributed by atoms with van der Waals surface area (Å²) in [7, 11) is 1.87. The lowest BCUT2D eigenvalue weighted by atomic mass is 10.1. The number of nitrogens with zero attached hydrogens (tertiary/aromatic N) is 2. The molecule has 0 fully saturated rings. The molecule has 0 saturated heterocycles. The van der Waals surface area contributed by atoms with Crippen molar-refractivity contribution in [3.05, 3.63) is 60.2 Å². The molecule has 1 aromatic carbocycles. The molecular formula is C15H13BrN3O4S+. The van der Waals surface area contributed by atoms with Crippen LogP contribution in [0.1, 0.15) is 25.6 Å². The van der Waals surface area contributed by atoms with Gasteiger partial charge in [0.1, 0.15) is 12.1 Å². The highest BCUT2D eigenvalue weighted by Gasteiger charge is 2.42. The van der Waals surface area contributed by atoms with Crippen molar-refractivity contribution in [2.45, 2.75) is 6.54 Å². The molecule has 124 valence electrons. The van der Waals surface area contributed by atoms with Gasteiger partial charge < -0.3 is 4.90 Å². The first kappa shape index (κ1) is 16.7. The molecule has 2 aromatic rings. The summed E-state index contributed by atoms with van der Waals surface area (Å²) in [6.07, 6.45) is 0. The molecule has 24 heavy (non-hydrogen) atoms. The average Bonchev–Trinajstić information content (AvgIpc) is 3.04. The maximum Gasteiger partial charge on any atom is 0.282 e. The number of rotatable bonds is 5. The minimum absolute atomic E-state index is 0.0980. The van der Waals surface area contributed by atoms with Crippen molar-refractivity contribution < 1.29 is 19.4 Å². The SMILES string of the molecule is C[NH+](Cc1ccc(Br)s1)CN1C(=O)c2cccc([N+](=O)[O-])c2C1=O. The first-order valence-electron chi connectivity index (χ1n) is 7.07. The van der Waals surface area contributed by atoms with E-state index >= 15 is 0 Å². The van der Waals surface area contributed by atoms with Gasteiger partial charge in [-0.3, -0.25) is 19.7 Å². The normalized spacial score (nSPS) is 14.8. The summed E-state index contributed by atoms with van der Waals surface area (Å²) in [5.41, 5.74) is -0.340. The van der Waals surface area contributed by atoms with Crippen LogP contribution in [0.2, 0.25) is 0 Å². The maximum atomic E-state index is 12.5. The highest BCUT2D eigenvalue weighted by molar-refractivity contribution is 9.11. The summed E-state index contributed by atoms with van der Waals surface area (Å²) in [5, 5.41) is 11.1. The zero-order valence-corrected chi connectivity index (χ0v) is 15.0. The quantitative estimate of drug-likeness (QED) is 0.461. The fourth-order valence-corrected chi connectivity index (χ4v) is 4.28. The Morgan fingerprint density at radius 3 is 2.62 bits per heavy atom. The average molecular weight is 411 g/mol. The maximum absolute atomic E-state index is 12.5. The predicted molar refractivity (Wildman–Crippen MR) is 91.1 cm³/mol. The van der Waals surface area contributed by atoms with E-state index in [1.807, 2.05) is 19.2 Å². The van der Waals surface area contributed by atoms with Gasteiger partial charge in [0.25, 0.3) is 17.5 Å². The van der Waals surface area contributed by atoms with Crippen LogP contribution in [-0.4, -0.2) is 35.4 Å². The van der Waals surface area contributed by atoms with Gasteiger partial charge in [0.05, 0.1) is 26.2 Å². The molecule has 0 aliphatic carbocycles. The van der Waals surface area contributed by atoms with Crippen molar-refractivity contribution in [2.24, 2.45) is 0 Å². The Bertz CT molecular complexity index is 851. The Balaban J connectivity index is 1.81. The molecular weight excluding hydrogens is 398 g/mol. The van der Waals surface area contributed by atoms with E-state index in [-0.39, 0.29) is 23.5 Å². The molecule has 0 spiro atoms. The van der Waals surface area contributed by atoms with Crippen LogP contribution in [0.3, 0.4) is 0 Å². The minimum atomic E-state index is -0.632. The van der Waals surface area contributed by atoms with E-state index < -0.39 is 16.7 Å². The molecule has 2 heterocycles. The number of thiophene rings is 1. The van der Waals surface area contributed by atoms with E-state index in [0.717, 1.165) is 18.5 Å². The molecule has 0 saturated carbocycles. The number of hydrogen-bond donors (Lipinski definition) is 1. The van der Waals surface area contributed by atoms with E-state index in [9.17, 15) is 19.7 Å². The largest absolute Gasteiger partial charge is 0.315 e. The summed E-state index contributed by atoms with van der Waals surface area (Å²) in [4.78, 5) is 38.5. The number of carbonyl (C=O) groups excluding carboxylic acids is 2. The number of quaternary nitrogens is 1. The molecule has 1 N–H and O–H groups in total. The van der Waals surface area contributed by atoms with Crippen LogP contribution in [0.4, 0.5) is 5.69 Å². The number of fused-ring (bicyclic) bond motifs is 1. The first-order chi connectivity index (χ1) is 11.4. The third-order valence-corrected chi connectivity index (χ3v) is 5.33. The molecule has 3 rings (SSSR count). The molecule has 1 atom stereocenters. The Kier molecular flexibility index (Phi) is 4.48. The Hall–Kier alpha value is -2.10. The van der Waals surface area contributed by atoms with E-state index in [1.165, 1.54) is 18.2 Å². The summed E-state index contributed by atoms with van der Waals surface area (Å²) in [6.45, 7) is 0.796. The van der Waals surface area contributed by atoms with Crippen molar-refractivity contribution in [2.75, 3.05) is 13.7 Å². The van der Waals surface area contributed by atoms with Crippen molar-refractivity contribution in [1.29, 1.82) is 0 Å². The predicted octanol–water partition coefficient (Wildman–Crippen LogP) is 1.69. The van der Waals surface area contributed by atoms with E-state index in [0.29, 0.717) is 6.54 Å². The van der Waals surface area contributed by atoms with Gasteiger partial charge in [-0.05, 0) is 34.1 Å². The lowest BCUT2D eigenvalue weighted by Gasteiger charge is -2.19. The van der Waals surface area contributed by atoms with Crippen LogP contribution in [0.15, 0.2) is 34.1 Å². The van der Waals surface area contributed by atoms with Crippen LogP contribution in [0.25, 0.3) is 0 Å². The van der Waals surface area contributed by atoms with Gasteiger partial charge in [0, 0.05) is 6.07 Å². The number of hydrogen-bond acceptors (Lipinski definition) is 5. The molecule has 1 unspecified atom stereocenters. The molecule has 0 radical (unpaired) electrons. The number of halogens is 1. The lowest BCUT2D eigenvalue weighted by molar-refractivity contribution is -0.900. The van der Waals surface area contributed by atoms with Crippen LogP contribution in [0.5, 0.6) is 0 Å². The van der Waals surface area contributed by atoms with E-state index in [4.69, 9.17) is 0 Å². The molecule has 1 aliphatic rings. The van der Waals surface area contributed by atoms with Gasteiger partial charge in [-0.2, -0.15) is 0 Å². The van der Waals surface area contributed by atoms with Gasteiger partial charge in [0.2, 0.25) is 0 Å². The molecule has 7 nitrogen and oxygen atoms in total. The fourth-order valence-electron chi connectivity index (χ4n) is 2.68. The van der Waals surface area contributed by atoms with Gasteiger partial charge in [-0.15, -0.1) is 11.3 Å². The number of carbonyl (C=O) groups is 2. The van der Waals surface area contributed by atoms with Gasteiger partial charge in [0.15, 0.2) is 6.67 Å². The highest BCUT2D eigenvalue weighted by Crippen LogP contribution is 2.30. The van der Waals surface area contributed by atoms with Crippen LogP contribution >= 0.6 is 27.3 Å². The topological polar surface area (TPSA) is 85.0 Å². The summed E-state index contributed by atoms with van der Waals surface area (Å²) < 4.78 is 1.02. The van der Waals surface area contributed by atoms with E-state index in [2.05, 4.69) is 15.9 Å². The summed E-state index contributed by atoms with van der Waals surface area (Å²) in [5.74, 6) is -1.08. The Morgan fingerprint density at radius 2 is 2.00 bits per heavy atom. The zero-order chi connectivity index (χ0) is 17.4. The Labute approximate surface area is 149 Å². The highest BCUT2D eigenvalue weighted by atomic mass is 79.9. The summed E-state index contributed by atoms with van der Waals surface area (Å²) in [6, 6.07) is 8.04. The molecule has 1 aromatic heterocycles. The van der Waals surface area contributed by atoms with Gasteiger partial charge in [-0.1, -0.05) is 6.07 Å². The van der Waals surface area contributed by atoms with Crippen LogP contribution in [-0.2, 0) is 6.54 Å². The molecule has 0 bridgehead atoms. The smallest absolute Gasteiger partial charge is 0.282 e. The summed E-state index contributed by atoms with van der Waals surface area (Å²) >= 11 is 4.98.